The first-order valence-corrected chi connectivity index (χ1v) is 4.52. The number of carboxylic acid groups (broad SMARTS) is 1. The zero-order chi connectivity index (χ0) is 8.97. The smallest absolute Gasteiger partial charge is 0.316 e. The molecule has 0 aromatic heterocycles. The van der Waals surface area contributed by atoms with Gasteiger partial charge in [-0.1, -0.05) is 18.2 Å². The fourth-order valence-electron chi connectivity index (χ4n) is 0.754. The van der Waals surface area contributed by atoms with Gasteiger partial charge in [-0.15, -0.1) is 11.8 Å². The highest BCUT2D eigenvalue weighted by Crippen LogP contribution is 2.22. The molecular formula is C9H10O2S. The molecule has 3 heteroatoms. The zero-order valence-electron chi connectivity index (χ0n) is 6.73. The summed E-state index contributed by atoms with van der Waals surface area (Å²) in [5, 5.41) is 8.24. The van der Waals surface area contributed by atoms with Crippen LogP contribution in [0.15, 0.2) is 35.2 Å². The van der Waals surface area contributed by atoms with E-state index in [0.717, 1.165) is 4.90 Å². The van der Waals surface area contributed by atoms with Crippen LogP contribution in [0.4, 0.5) is 0 Å². The molecule has 0 aliphatic heterocycles. The minimum absolute atomic E-state index is 0.382. The van der Waals surface area contributed by atoms with Crippen LogP contribution < -0.4 is 0 Å². The Morgan fingerprint density at radius 1 is 1.42 bits per heavy atom. The van der Waals surface area contributed by atoms with Gasteiger partial charge in [0, 0.05) is 4.90 Å². The van der Waals surface area contributed by atoms with Crippen LogP contribution in [0, 0.1) is 0 Å². The molecule has 1 aromatic rings. The Bertz CT molecular complexity index is 258. The van der Waals surface area contributed by atoms with Gasteiger partial charge in [0.1, 0.15) is 5.25 Å². The number of hydrogen-bond acceptors (Lipinski definition) is 2. The Balaban J connectivity index is 2.58. The van der Waals surface area contributed by atoms with Crippen LogP contribution in [0.25, 0.3) is 0 Å². The molecule has 1 atom stereocenters. The highest BCUT2D eigenvalue weighted by molar-refractivity contribution is 8.00. The monoisotopic (exact) mass is 182 g/mol. The molecule has 1 N–H and O–H groups in total. The Kier molecular flexibility index (Phi) is 3.17. The summed E-state index contributed by atoms with van der Waals surface area (Å²) in [6, 6.07) is 9.53. The third kappa shape index (κ3) is 2.58. The minimum Gasteiger partial charge on any atom is -0.480 e. The molecule has 64 valence electrons. The van der Waals surface area contributed by atoms with Crippen molar-refractivity contribution in [3.05, 3.63) is 30.3 Å². The van der Waals surface area contributed by atoms with E-state index in [-0.39, 0.29) is 5.25 Å². The Morgan fingerprint density at radius 3 is 2.50 bits per heavy atom. The van der Waals surface area contributed by atoms with E-state index >= 15 is 0 Å². The number of hydrogen-bond donors (Lipinski definition) is 1. The van der Waals surface area contributed by atoms with Crippen molar-refractivity contribution >= 4 is 17.7 Å². The molecule has 0 saturated carbocycles. The second kappa shape index (κ2) is 4.16. The molecule has 0 saturated heterocycles. The van der Waals surface area contributed by atoms with Crippen molar-refractivity contribution in [3.8, 4) is 0 Å². The second-order valence-corrected chi connectivity index (χ2v) is 3.83. The van der Waals surface area contributed by atoms with Crippen LogP contribution in [0.5, 0.6) is 0 Å². The van der Waals surface area contributed by atoms with E-state index in [0.29, 0.717) is 0 Å². The number of rotatable bonds is 3. The second-order valence-electron chi connectivity index (χ2n) is 2.41. The SMILES string of the molecule is C[C@@H](Sc1ccccc1)C(=O)O. The van der Waals surface area contributed by atoms with Gasteiger partial charge in [-0.2, -0.15) is 0 Å². The van der Waals surface area contributed by atoms with Crippen molar-refractivity contribution in [2.24, 2.45) is 0 Å². The largest absolute Gasteiger partial charge is 0.480 e. The van der Waals surface area contributed by atoms with Crippen molar-refractivity contribution in [1.82, 2.24) is 0 Å². The van der Waals surface area contributed by atoms with E-state index in [1.165, 1.54) is 11.8 Å². The van der Waals surface area contributed by atoms with Crippen LogP contribution in [-0.4, -0.2) is 16.3 Å². The molecule has 0 fully saturated rings. The molecule has 0 radical (unpaired) electrons. The summed E-state index contributed by atoms with van der Waals surface area (Å²) in [6.07, 6.45) is 0. The average molecular weight is 182 g/mol. The predicted molar refractivity (Wildman–Crippen MR) is 49.4 cm³/mol. The summed E-state index contributed by atoms with van der Waals surface area (Å²) in [6.45, 7) is 1.68. The van der Waals surface area contributed by atoms with Gasteiger partial charge in [-0.25, -0.2) is 0 Å². The maximum Gasteiger partial charge on any atom is 0.316 e. The summed E-state index contributed by atoms with van der Waals surface area (Å²) in [5.41, 5.74) is 0. The van der Waals surface area contributed by atoms with Crippen LogP contribution in [0.3, 0.4) is 0 Å². The maximum absolute atomic E-state index is 10.5. The molecule has 12 heavy (non-hydrogen) atoms. The topological polar surface area (TPSA) is 37.3 Å². The van der Waals surface area contributed by atoms with Gasteiger partial charge in [0.15, 0.2) is 0 Å². The molecule has 0 amide bonds. The number of benzene rings is 1. The van der Waals surface area contributed by atoms with E-state index in [4.69, 9.17) is 5.11 Å². The molecule has 1 rings (SSSR count). The van der Waals surface area contributed by atoms with Crippen molar-refractivity contribution in [3.63, 3.8) is 0 Å². The van der Waals surface area contributed by atoms with Crippen molar-refractivity contribution in [2.45, 2.75) is 17.1 Å². The lowest BCUT2D eigenvalue weighted by atomic mass is 10.4. The molecule has 0 spiro atoms. The van der Waals surface area contributed by atoms with Gasteiger partial charge in [-0.05, 0) is 19.1 Å². The summed E-state index contributed by atoms with van der Waals surface area (Å²) < 4.78 is 0. The standard InChI is InChI=1S/C9H10O2S/c1-7(9(10)11)12-8-5-3-2-4-6-8/h2-7H,1H3,(H,10,11)/t7-/m1/s1. The molecule has 0 unspecified atom stereocenters. The van der Waals surface area contributed by atoms with E-state index in [1.54, 1.807) is 6.92 Å². The van der Waals surface area contributed by atoms with Gasteiger partial charge in [0.05, 0.1) is 0 Å². The third-order valence-corrected chi connectivity index (χ3v) is 2.50. The van der Waals surface area contributed by atoms with Crippen molar-refractivity contribution < 1.29 is 9.90 Å². The third-order valence-electron chi connectivity index (χ3n) is 1.40. The van der Waals surface area contributed by atoms with Crippen LogP contribution in [-0.2, 0) is 4.79 Å². The Labute approximate surface area is 75.6 Å². The van der Waals surface area contributed by atoms with Crippen molar-refractivity contribution in [2.75, 3.05) is 0 Å². The fraction of sp³-hybridized carbons (Fsp3) is 0.222. The summed E-state index contributed by atoms with van der Waals surface area (Å²) in [4.78, 5) is 11.5. The summed E-state index contributed by atoms with van der Waals surface area (Å²) >= 11 is 1.35. The van der Waals surface area contributed by atoms with Gasteiger partial charge < -0.3 is 5.11 Å². The molecule has 0 aliphatic carbocycles. The highest BCUT2D eigenvalue weighted by atomic mass is 32.2. The van der Waals surface area contributed by atoms with Gasteiger partial charge in [-0.3, -0.25) is 4.79 Å². The van der Waals surface area contributed by atoms with Gasteiger partial charge in [0.2, 0.25) is 0 Å². The average Bonchev–Trinajstić information content (AvgIpc) is 2.06. The van der Waals surface area contributed by atoms with E-state index in [1.807, 2.05) is 30.3 Å². The molecule has 2 nitrogen and oxygen atoms in total. The first kappa shape index (κ1) is 9.13. The van der Waals surface area contributed by atoms with Gasteiger partial charge >= 0.3 is 5.97 Å². The quantitative estimate of drug-likeness (QED) is 0.728. The van der Waals surface area contributed by atoms with Crippen LogP contribution in [0.2, 0.25) is 0 Å². The van der Waals surface area contributed by atoms with Crippen LogP contribution in [0.1, 0.15) is 6.92 Å². The molecule has 0 bridgehead atoms. The van der Waals surface area contributed by atoms with Crippen molar-refractivity contribution in [1.29, 1.82) is 0 Å². The molecule has 0 heterocycles. The Hall–Kier alpha value is -0.960. The van der Waals surface area contributed by atoms with Crippen LogP contribution >= 0.6 is 11.8 Å². The maximum atomic E-state index is 10.5. The summed E-state index contributed by atoms with van der Waals surface area (Å²) in [7, 11) is 0. The molecular weight excluding hydrogens is 172 g/mol. The lowest BCUT2D eigenvalue weighted by Gasteiger charge is -2.04. The lowest BCUT2D eigenvalue weighted by Crippen LogP contribution is -2.10. The van der Waals surface area contributed by atoms with E-state index < -0.39 is 5.97 Å². The normalized spacial score (nSPS) is 12.4. The first-order chi connectivity index (χ1) is 5.70. The number of carbonyl (C=O) groups is 1. The molecule has 1 aromatic carbocycles. The number of aliphatic carboxylic acids is 1. The predicted octanol–water partition coefficient (Wildman–Crippen LogP) is 2.25. The summed E-state index contributed by atoms with van der Waals surface area (Å²) in [5.74, 6) is -0.774. The van der Waals surface area contributed by atoms with E-state index in [9.17, 15) is 4.79 Å². The molecule has 0 aliphatic rings. The highest BCUT2D eigenvalue weighted by Gasteiger charge is 2.11. The zero-order valence-corrected chi connectivity index (χ0v) is 7.54. The Morgan fingerprint density at radius 2 is 2.00 bits per heavy atom. The lowest BCUT2D eigenvalue weighted by molar-refractivity contribution is -0.136. The van der Waals surface area contributed by atoms with E-state index in [2.05, 4.69) is 0 Å². The number of carboxylic acids is 1. The van der Waals surface area contributed by atoms with Gasteiger partial charge in [0.25, 0.3) is 0 Å². The first-order valence-electron chi connectivity index (χ1n) is 3.64. The fourth-order valence-corrected chi connectivity index (χ4v) is 1.58. The minimum atomic E-state index is -0.774. The number of thioether (sulfide) groups is 1.